The summed E-state index contributed by atoms with van der Waals surface area (Å²) in [4.78, 5) is 16.6. The van der Waals surface area contributed by atoms with Crippen molar-refractivity contribution in [2.75, 3.05) is 25.9 Å². The van der Waals surface area contributed by atoms with Gasteiger partial charge in [-0.25, -0.2) is 12.7 Å². The van der Waals surface area contributed by atoms with Gasteiger partial charge < -0.3 is 5.32 Å². The highest BCUT2D eigenvalue weighted by molar-refractivity contribution is 7.88. The van der Waals surface area contributed by atoms with Gasteiger partial charge in [0.15, 0.2) is 5.65 Å². The lowest BCUT2D eigenvalue weighted by atomic mass is 10.1. The maximum Gasteiger partial charge on any atom is 0.252 e. The zero-order chi connectivity index (χ0) is 20.4. The summed E-state index contributed by atoms with van der Waals surface area (Å²) >= 11 is 0. The number of nitrogens with one attached hydrogen (secondary N) is 1. The molecule has 4 rings (SSSR count). The Labute approximate surface area is 168 Å². The Morgan fingerprint density at radius 1 is 1.28 bits per heavy atom. The molecule has 1 amide bonds. The van der Waals surface area contributed by atoms with Gasteiger partial charge in [0, 0.05) is 44.1 Å². The van der Waals surface area contributed by atoms with Crippen molar-refractivity contribution in [3.8, 4) is 0 Å². The Bertz CT molecular complexity index is 1130. The number of rotatable bonds is 6. The summed E-state index contributed by atoms with van der Waals surface area (Å²) in [5, 5.41) is 11.3. The molecule has 4 heterocycles. The molecule has 0 bridgehead atoms. The number of pyridine rings is 2. The second-order valence-electron chi connectivity index (χ2n) is 7.18. The lowest BCUT2D eigenvalue weighted by molar-refractivity contribution is 0.0953. The number of aromatic nitrogens is 4. The van der Waals surface area contributed by atoms with Gasteiger partial charge in [-0.3, -0.25) is 14.2 Å². The Kier molecular flexibility index (Phi) is 5.29. The molecular weight excluding hydrogens is 392 g/mol. The van der Waals surface area contributed by atoms with Gasteiger partial charge in [-0.2, -0.15) is 0 Å². The van der Waals surface area contributed by atoms with E-state index in [0.29, 0.717) is 49.5 Å². The number of sulfonamides is 1. The molecular formula is C19H22N6O3S. The molecule has 10 heteroatoms. The quantitative estimate of drug-likeness (QED) is 0.640. The first-order valence-electron chi connectivity index (χ1n) is 9.39. The molecule has 0 spiro atoms. The van der Waals surface area contributed by atoms with Crippen LogP contribution in [0.25, 0.3) is 5.65 Å². The molecule has 1 N–H and O–H groups in total. The van der Waals surface area contributed by atoms with Crippen molar-refractivity contribution in [3.63, 3.8) is 0 Å². The average molecular weight is 414 g/mol. The van der Waals surface area contributed by atoms with Crippen LogP contribution in [0, 0.1) is 0 Å². The van der Waals surface area contributed by atoms with Gasteiger partial charge in [0.1, 0.15) is 5.82 Å². The van der Waals surface area contributed by atoms with Crippen LogP contribution in [-0.4, -0.2) is 64.1 Å². The molecule has 0 aromatic carbocycles. The maximum atomic E-state index is 12.5. The number of hydrogen-bond donors (Lipinski definition) is 1. The molecule has 9 nitrogen and oxygen atoms in total. The van der Waals surface area contributed by atoms with E-state index in [0.717, 1.165) is 5.56 Å². The maximum absolute atomic E-state index is 12.5. The number of hydrogen-bond acceptors (Lipinski definition) is 6. The minimum atomic E-state index is -3.23. The minimum Gasteiger partial charge on any atom is -0.352 e. The average Bonchev–Trinajstić information content (AvgIpc) is 3.35. The van der Waals surface area contributed by atoms with E-state index in [1.165, 1.54) is 10.6 Å². The number of nitrogens with zero attached hydrogens (tertiary/aromatic N) is 5. The summed E-state index contributed by atoms with van der Waals surface area (Å²) in [5.41, 5.74) is 2.19. The Balaban J connectivity index is 1.47. The zero-order valence-electron chi connectivity index (χ0n) is 16.0. The largest absolute Gasteiger partial charge is 0.352 e. The van der Waals surface area contributed by atoms with Crippen molar-refractivity contribution in [1.29, 1.82) is 0 Å². The minimum absolute atomic E-state index is 0.0522. The van der Waals surface area contributed by atoms with Crippen molar-refractivity contribution in [2.45, 2.75) is 18.8 Å². The van der Waals surface area contributed by atoms with Crippen LogP contribution in [0.2, 0.25) is 0 Å². The second kappa shape index (κ2) is 7.88. The molecule has 1 aliphatic rings. The first-order chi connectivity index (χ1) is 13.9. The van der Waals surface area contributed by atoms with Crippen LogP contribution in [0.15, 0.2) is 42.9 Å². The van der Waals surface area contributed by atoms with Crippen LogP contribution in [0.5, 0.6) is 0 Å². The first kappa shape index (κ1) is 19.5. The summed E-state index contributed by atoms with van der Waals surface area (Å²) in [6.07, 6.45) is 7.80. The third-order valence-electron chi connectivity index (χ3n) is 5.10. The van der Waals surface area contributed by atoms with Gasteiger partial charge in [-0.05, 0) is 36.6 Å². The van der Waals surface area contributed by atoms with E-state index in [9.17, 15) is 13.2 Å². The van der Waals surface area contributed by atoms with Gasteiger partial charge in [-0.15, -0.1) is 10.2 Å². The van der Waals surface area contributed by atoms with E-state index in [4.69, 9.17) is 0 Å². The topological polar surface area (TPSA) is 110 Å². The van der Waals surface area contributed by atoms with Crippen molar-refractivity contribution in [3.05, 3.63) is 59.8 Å². The highest BCUT2D eigenvalue weighted by Gasteiger charge is 2.32. The van der Waals surface area contributed by atoms with E-state index in [1.807, 2.05) is 12.1 Å². The van der Waals surface area contributed by atoms with Gasteiger partial charge >= 0.3 is 0 Å². The lowest BCUT2D eigenvalue weighted by Gasteiger charge is -2.12. The molecule has 1 aliphatic heterocycles. The smallest absolute Gasteiger partial charge is 0.252 e. The molecule has 1 saturated heterocycles. The number of fused-ring (bicyclic) bond motifs is 1. The zero-order valence-corrected chi connectivity index (χ0v) is 16.8. The summed E-state index contributed by atoms with van der Waals surface area (Å²) in [6, 6.07) is 7.29. The highest BCUT2D eigenvalue weighted by Crippen LogP contribution is 2.27. The Morgan fingerprint density at radius 2 is 2.14 bits per heavy atom. The number of carbonyl (C=O) groups excluding carboxylic acids is 1. The first-order valence-corrected chi connectivity index (χ1v) is 11.2. The normalized spacial score (nSPS) is 17.6. The van der Waals surface area contributed by atoms with Gasteiger partial charge in [0.25, 0.3) is 5.91 Å². The van der Waals surface area contributed by atoms with E-state index in [1.54, 1.807) is 35.1 Å². The standard InChI is InChI=1S/C19H22N6O3S/c1-29(27,28)24-10-7-15(12-24)18-23-22-17-5-4-16(13-25(17)18)19(26)21-9-6-14-3-2-8-20-11-14/h2-5,8,11,13,15H,6-7,9-10,12H2,1H3,(H,21,26)/t15-/m1/s1. The van der Waals surface area contributed by atoms with Crippen molar-refractivity contribution in [2.24, 2.45) is 0 Å². The fraction of sp³-hybridized carbons (Fsp3) is 0.368. The predicted molar refractivity (Wildman–Crippen MR) is 107 cm³/mol. The molecule has 0 saturated carbocycles. The van der Waals surface area contributed by atoms with E-state index in [-0.39, 0.29) is 11.8 Å². The van der Waals surface area contributed by atoms with Crippen LogP contribution < -0.4 is 5.32 Å². The summed E-state index contributed by atoms with van der Waals surface area (Å²) in [7, 11) is -3.23. The van der Waals surface area contributed by atoms with Crippen molar-refractivity contribution >= 4 is 21.6 Å². The van der Waals surface area contributed by atoms with Gasteiger partial charge in [0.2, 0.25) is 10.0 Å². The van der Waals surface area contributed by atoms with Crippen LogP contribution in [0.1, 0.15) is 34.1 Å². The Morgan fingerprint density at radius 3 is 2.86 bits per heavy atom. The third kappa shape index (κ3) is 4.28. The molecule has 0 aliphatic carbocycles. The third-order valence-corrected chi connectivity index (χ3v) is 6.37. The predicted octanol–water partition coefficient (Wildman–Crippen LogP) is 0.846. The summed E-state index contributed by atoms with van der Waals surface area (Å²) in [6.45, 7) is 1.34. The summed E-state index contributed by atoms with van der Waals surface area (Å²) in [5.74, 6) is 0.444. The van der Waals surface area contributed by atoms with Crippen molar-refractivity contribution < 1.29 is 13.2 Å². The molecule has 152 valence electrons. The Hall–Kier alpha value is -2.85. The molecule has 1 atom stereocenters. The molecule has 29 heavy (non-hydrogen) atoms. The van der Waals surface area contributed by atoms with Crippen LogP contribution in [0.3, 0.4) is 0 Å². The van der Waals surface area contributed by atoms with Gasteiger partial charge in [0.05, 0.1) is 11.8 Å². The molecule has 0 unspecified atom stereocenters. The second-order valence-corrected chi connectivity index (χ2v) is 9.16. The number of carbonyl (C=O) groups is 1. The molecule has 3 aromatic heterocycles. The van der Waals surface area contributed by atoms with Gasteiger partial charge in [-0.1, -0.05) is 6.07 Å². The molecule has 0 radical (unpaired) electrons. The van der Waals surface area contributed by atoms with E-state index in [2.05, 4.69) is 20.5 Å². The van der Waals surface area contributed by atoms with E-state index < -0.39 is 10.0 Å². The fourth-order valence-corrected chi connectivity index (χ4v) is 4.42. The summed E-state index contributed by atoms with van der Waals surface area (Å²) < 4.78 is 26.8. The van der Waals surface area contributed by atoms with Crippen LogP contribution >= 0.6 is 0 Å². The highest BCUT2D eigenvalue weighted by atomic mass is 32.2. The fourth-order valence-electron chi connectivity index (χ4n) is 3.53. The van der Waals surface area contributed by atoms with Crippen LogP contribution in [-0.2, 0) is 16.4 Å². The van der Waals surface area contributed by atoms with Crippen molar-refractivity contribution in [1.82, 2.24) is 29.2 Å². The monoisotopic (exact) mass is 414 g/mol. The van der Waals surface area contributed by atoms with Crippen LogP contribution in [0.4, 0.5) is 0 Å². The SMILES string of the molecule is CS(=O)(=O)N1CC[C@@H](c2nnc3ccc(C(=O)NCCc4cccnc4)cn23)C1. The number of amides is 1. The lowest BCUT2D eigenvalue weighted by Crippen LogP contribution is -2.27. The van der Waals surface area contributed by atoms with E-state index >= 15 is 0 Å². The molecule has 3 aromatic rings. The molecule has 1 fully saturated rings.